The van der Waals surface area contributed by atoms with Crippen molar-refractivity contribution in [3.05, 3.63) is 71.4 Å². The summed E-state index contributed by atoms with van der Waals surface area (Å²) in [5.74, 6) is -0.213. The molecule has 3 aromatic heterocycles. The maximum Gasteiger partial charge on any atom is 0.416 e. The average molecular weight is 596 g/mol. The molecule has 1 amide bonds. The molecule has 2 fully saturated rings. The Kier molecular flexibility index (Phi) is 8.29. The van der Waals surface area contributed by atoms with Crippen LogP contribution in [0.25, 0.3) is 16.8 Å². The SMILES string of the molecule is CC1(N)COC1.N#Cc1cnc(N)c2c(-c3ccc(C(=O)Nc4cc(C(F)(F)F)ccn4)cc3)nc([C@H]3CNCCO3)n12. The largest absolute Gasteiger partial charge is 0.416 e. The fourth-order valence-electron chi connectivity index (χ4n) is 4.46. The molecule has 0 aliphatic carbocycles. The summed E-state index contributed by atoms with van der Waals surface area (Å²) in [4.78, 5) is 25.3. The highest BCUT2D eigenvalue weighted by Crippen LogP contribution is 2.33. The van der Waals surface area contributed by atoms with E-state index in [1.54, 1.807) is 16.5 Å². The number of nitrogens with one attached hydrogen (secondary N) is 2. The van der Waals surface area contributed by atoms with Crippen LogP contribution in [0.3, 0.4) is 0 Å². The highest BCUT2D eigenvalue weighted by atomic mass is 19.4. The molecule has 2 aliphatic heterocycles. The van der Waals surface area contributed by atoms with Crippen molar-refractivity contribution in [2.24, 2.45) is 5.73 Å². The highest BCUT2D eigenvalue weighted by Gasteiger charge is 2.31. The Balaban J connectivity index is 0.000000548. The molecule has 43 heavy (non-hydrogen) atoms. The van der Waals surface area contributed by atoms with E-state index in [9.17, 15) is 23.2 Å². The van der Waals surface area contributed by atoms with Crippen molar-refractivity contribution in [1.82, 2.24) is 24.7 Å². The van der Waals surface area contributed by atoms with E-state index in [0.29, 0.717) is 42.3 Å². The Morgan fingerprint density at radius 1 is 1.23 bits per heavy atom. The third kappa shape index (κ3) is 6.57. The monoisotopic (exact) mass is 595 g/mol. The summed E-state index contributed by atoms with van der Waals surface area (Å²) in [5.41, 5.74) is 12.6. The van der Waals surface area contributed by atoms with Crippen LogP contribution >= 0.6 is 0 Å². The Hall–Kier alpha value is -4.62. The molecule has 0 spiro atoms. The zero-order valence-electron chi connectivity index (χ0n) is 23.0. The predicted octanol–water partition coefficient (Wildman–Crippen LogP) is 2.91. The number of rotatable bonds is 4. The third-order valence-electron chi connectivity index (χ3n) is 6.66. The lowest BCUT2D eigenvalue weighted by molar-refractivity contribution is -0.137. The van der Waals surface area contributed by atoms with Gasteiger partial charge in [0.15, 0.2) is 0 Å². The minimum Gasteiger partial charge on any atom is -0.382 e. The van der Waals surface area contributed by atoms with Gasteiger partial charge < -0.3 is 31.6 Å². The van der Waals surface area contributed by atoms with Crippen LogP contribution in [-0.4, -0.2) is 63.7 Å². The quantitative estimate of drug-likeness (QED) is 0.274. The lowest BCUT2D eigenvalue weighted by Gasteiger charge is -2.33. The van der Waals surface area contributed by atoms with Crippen molar-refractivity contribution in [2.45, 2.75) is 24.7 Å². The number of nitrogens with zero attached hydrogens (tertiary/aromatic N) is 5. The van der Waals surface area contributed by atoms with Gasteiger partial charge in [0, 0.05) is 30.4 Å². The molecule has 0 saturated carbocycles. The van der Waals surface area contributed by atoms with Gasteiger partial charge in [0.25, 0.3) is 5.91 Å². The lowest BCUT2D eigenvalue weighted by atomic mass is 10.0. The number of benzene rings is 1. The van der Waals surface area contributed by atoms with E-state index in [0.717, 1.165) is 31.5 Å². The van der Waals surface area contributed by atoms with E-state index in [1.807, 2.05) is 6.92 Å². The van der Waals surface area contributed by atoms with Gasteiger partial charge in [0.1, 0.15) is 46.5 Å². The number of nitriles is 1. The van der Waals surface area contributed by atoms with Crippen molar-refractivity contribution in [3.63, 3.8) is 0 Å². The second-order valence-electron chi connectivity index (χ2n) is 10.3. The number of pyridine rings is 1. The highest BCUT2D eigenvalue weighted by molar-refractivity contribution is 6.04. The van der Waals surface area contributed by atoms with E-state index >= 15 is 0 Å². The normalized spacial score (nSPS) is 17.7. The Labute approximate surface area is 243 Å². The van der Waals surface area contributed by atoms with Gasteiger partial charge in [-0.1, -0.05) is 12.1 Å². The first-order chi connectivity index (χ1) is 20.5. The Morgan fingerprint density at radius 3 is 2.53 bits per heavy atom. The molecular weight excluding hydrogens is 567 g/mol. The van der Waals surface area contributed by atoms with Crippen LogP contribution in [-0.2, 0) is 15.7 Å². The Morgan fingerprint density at radius 2 is 1.95 bits per heavy atom. The standard InChI is InChI=1S/C24H19F3N8O2.C4H9NO/c25-24(26,27)15-5-6-31-18(9-15)33-23(36)14-3-1-13(2-4-14)19-20-21(29)32-11-16(10-28)35(20)22(34-19)17-12-30-7-8-37-17;1-4(5)2-6-3-4/h1-6,9,11,17,30H,7-8,12H2,(H2,29,32)(H,31,33,36);2-3,5H2,1H3/t17-;/m1./s1. The number of ether oxygens (including phenoxy) is 2. The fourth-order valence-corrected chi connectivity index (χ4v) is 4.46. The summed E-state index contributed by atoms with van der Waals surface area (Å²) >= 11 is 0. The Bertz CT molecular complexity index is 1670. The van der Waals surface area contributed by atoms with E-state index in [2.05, 4.69) is 26.7 Å². The number of anilines is 2. The number of hydrogen-bond donors (Lipinski definition) is 4. The number of carbonyl (C=O) groups is 1. The van der Waals surface area contributed by atoms with Gasteiger partial charge in [-0.05, 0) is 31.2 Å². The molecule has 5 heterocycles. The molecule has 6 N–H and O–H groups in total. The van der Waals surface area contributed by atoms with Crippen molar-refractivity contribution >= 4 is 23.1 Å². The van der Waals surface area contributed by atoms with Crippen molar-refractivity contribution in [1.29, 1.82) is 5.26 Å². The summed E-state index contributed by atoms with van der Waals surface area (Å²) in [7, 11) is 0. The number of nitrogens with two attached hydrogens (primary N) is 2. The van der Waals surface area contributed by atoms with Gasteiger partial charge in [0.2, 0.25) is 0 Å². The van der Waals surface area contributed by atoms with Gasteiger partial charge in [-0.15, -0.1) is 0 Å². The molecule has 0 radical (unpaired) electrons. The van der Waals surface area contributed by atoms with Gasteiger partial charge in [-0.3, -0.25) is 9.20 Å². The number of nitrogen functional groups attached to an aromatic ring is 1. The molecular formula is C28H28F3N9O3. The van der Waals surface area contributed by atoms with E-state index in [-0.39, 0.29) is 28.4 Å². The van der Waals surface area contributed by atoms with Crippen LogP contribution in [0.4, 0.5) is 24.8 Å². The fraction of sp³-hybridized carbons (Fsp3) is 0.321. The first kappa shape index (κ1) is 29.9. The summed E-state index contributed by atoms with van der Waals surface area (Å²) in [6.45, 7) is 5.10. The number of imidazole rings is 1. The van der Waals surface area contributed by atoms with E-state index in [1.165, 1.54) is 18.3 Å². The van der Waals surface area contributed by atoms with Crippen molar-refractivity contribution in [3.8, 4) is 17.3 Å². The second-order valence-corrected chi connectivity index (χ2v) is 10.3. The van der Waals surface area contributed by atoms with Crippen LogP contribution in [0.5, 0.6) is 0 Å². The van der Waals surface area contributed by atoms with Gasteiger partial charge in [-0.2, -0.15) is 18.4 Å². The predicted molar refractivity (Wildman–Crippen MR) is 150 cm³/mol. The van der Waals surface area contributed by atoms with E-state index < -0.39 is 23.8 Å². The van der Waals surface area contributed by atoms with Gasteiger partial charge >= 0.3 is 6.18 Å². The number of halogens is 3. The minimum absolute atomic E-state index is 0. The zero-order chi connectivity index (χ0) is 30.8. The number of fused-ring (bicyclic) bond motifs is 1. The molecule has 1 atom stereocenters. The molecule has 224 valence electrons. The molecule has 2 saturated heterocycles. The van der Waals surface area contributed by atoms with E-state index in [4.69, 9.17) is 25.9 Å². The molecule has 0 unspecified atom stereocenters. The number of aromatic nitrogens is 4. The smallest absolute Gasteiger partial charge is 0.382 e. The maximum atomic E-state index is 13.0. The lowest BCUT2D eigenvalue weighted by Crippen LogP contribution is -2.54. The summed E-state index contributed by atoms with van der Waals surface area (Å²) < 4.78 is 51.1. The van der Waals surface area contributed by atoms with Crippen LogP contribution < -0.4 is 22.1 Å². The molecule has 6 rings (SSSR count). The number of hydrogen-bond acceptors (Lipinski definition) is 10. The number of amides is 1. The number of alkyl halides is 3. The summed E-state index contributed by atoms with van der Waals surface area (Å²) in [6.07, 6.45) is -2.64. The first-order valence-electron chi connectivity index (χ1n) is 13.2. The minimum atomic E-state index is -4.56. The first-order valence-corrected chi connectivity index (χ1v) is 13.2. The topological polar surface area (TPSA) is 178 Å². The maximum absolute atomic E-state index is 13.0. The molecule has 2 aliphatic rings. The van der Waals surface area contributed by atoms with Crippen LogP contribution in [0, 0.1) is 11.3 Å². The molecule has 12 nitrogen and oxygen atoms in total. The number of morpholine rings is 1. The molecule has 15 heteroatoms. The third-order valence-corrected chi connectivity index (χ3v) is 6.66. The van der Waals surface area contributed by atoms with Gasteiger partial charge in [0.05, 0.1) is 37.1 Å². The van der Waals surface area contributed by atoms with Gasteiger partial charge in [-0.25, -0.2) is 15.0 Å². The van der Waals surface area contributed by atoms with Crippen molar-refractivity contribution < 1.29 is 27.4 Å². The average Bonchev–Trinajstić information content (AvgIpc) is 3.39. The molecule has 1 aromatic carbocycles. The molecule has 0 bridgehead atoms. The summed E-state index contributed by atoms with van der Waals surface area (Å²) in [5, 5.41) is 15.3. The van der Waals surface area contributed by atoms with Crippen LogP contribution in [0.1, 0.15) is 40.5 Å². The summed E-state index contributed by atoms with van der Waals surface area (Å²) in [6, 6.07) is 9.93. The van der Waals surface area contributed by atoms with Crippen LogP contribution in [0.2, 0.25) is 0 Å². The number of carbonyl (C=O) groups excluding carboxylic acids is 1. The van der Waals surface area contributed by atoms with Crippen molar-refractivity contribution in [2.75, 3.05) is 44.0 Å². The zero-order valence-corrected chi connectivity index (χ0v) is 23.0. The molecule has 4 aromatic rings. The van der Waals surface area contributed by atoms with Crippen LogP contribution in [0.15, 0.2) is 48.8 Å². The second kappa shape index (κ2) is 11.9.